The van der Waals surface area contributed by atoms with Crippen LogP contribution < -0.4 is 4.90 Å². The molecule has 162 valence electrons. The van der Waals surface area contributed by atoms with Gasteiger partial charge < -0.3 is 18.9 Å². The largest absolute Gasteiger partial charge is 0.462 e. The van der Waals surface area contributed by atoms with Gasteiger partial charge in [-0.25, -0.2) is 4.79 Å². The number of halogens is 1. The van der Waals surface area contributed by atoms with E-state index in [9.17, 15) is 4.79 Å². The number of fused-ring (bicyclic) bond motifs is 2. The number of nitrogens with one attached hydrogen (secondary N) is 1. The van der Waals surface area contributed by atoms with Crippen LogP contribution in [0.2, 0.25) is 0 Å². The van der Waals surface area contributed by atoms with Crippen molar-refractivity contribution in [2.75, 3.05) is 27.3 Å². The molecule has 2 aliphatic rings. The van der Waals surface area contributed by atoms with Crippen LogP contribution in [0.5, 0.6) is 0 Å². The van der Waals surface area contributed by atoms with E-state index in [0.29, 0.717) is 18.2 Å². The summed E-state index contributed by atoms with van der Waals surface area (Å²) in [5.41, 5.74) is 3.99. The fourth-order valence-corrected chi connectivity index (χ4v) is 6.16. The Bertz CT molecular complexity index is 1160. The summed E-state index contributed by atoms with van der Waals surface area (Å²) >= 11 is 3.36. The molecule has 0 saturated carbocycles. The van der Waals surface area contributed by atoms with Crippen molar-refractivity contribution in [3.63, 3.8) is 0 Å². The average molecular weight is 485 g/mol. The van der Waals surface area contributed by atoms with Crippen molar-refractivity contribution in [3.05, 3.63) is 64.0 Å². The van der Waals surface area contributed by atoms with E-state index >= 15 is 0 Å². The number of pyridine rings is 1. The Morgan fingerprint density at radius 3 is 3.00 bits per heavy atom. The first-order chi connectivity index (χ1) is 14.9. The second-order valence-corrected chi connectivity index (χ2v) is 9.84. The van der Waals surface area contributed by atoms with Crippen LogP contribution in [0.1, 0.15) is 27.9 Å². The molecule has 0 amide bonds. The van der Waals surface area contributed by atoms with E-state index in [1.54, 1.807) is 12.3 Å². The zero-order valence-electron chi connectivity index (χ0n) is 18.0. The number of rotatable bonds is 4. The predicted molar refractivity (Wildman–Crippen MR) is 121 cm³/mol. The van der Waals surface area contributed by atoms with E-state index in [0.717, 1.165) is 23.9 Å². The van der Waals surface area contributed by atoms with Gasteiger partial charge in [-0.15, -0.1) is 0 Å². The number of piperidine rings is 1. The minimum absolute atomic E-state index is 0.209. The summed E-state index contributed by atoms with van der Waals surface area (Å²) < 4.78 is 15.1. The van der Waals surface area contributed by atoms with Gasteiger partial charge in [-0.3, -0.25) is 4.98 Å². The number of aromatic nitrogens is 2. The monoisotopic (exact) mass is 484 g/mol. The highest BCUT2D eigenvalue weighted by molar-refractivity contribution is 9.10. The normalized spacial score (nSPS) is 27.2. The molecule has 6 nitrogen and oxygen atoms in total. The number of nitrogens with zero attached hydrogens (tertiary/aromatic N) is 2. The SMILES string of the molecule is CO[C@@]12C[C@H](COC(=O)c3cncc(Br)c3)C[NH+](C)[C@H]1Cc1cn(C)c3cccc2c13. The van der Waals surface area contributed by atoms with E-state index in [4.69, 9.17) is 9.47 Å². The maximum absolute atomic E-state index is 12.5. The summed E-state index contributed by atoms with van der Waals surface area (Å²) in [5, 5.41) is 1.33. The van der Waals surface area contributed by atoms with Gasteiger partial charge in [-0.2, -0.15) is 0 Å². The van der Waals surface area contributed by atoms with E-state index in [1.165, 1.54) is 33.1 Å². The quantitative estimate of drug-likeness (QED) is 0.578. The minimum atomic E-state index is -0.384. The second kappa shape index (κ2) is 7.73. The Morgan fingerprint density at radius 2 is 2.23 bits per heavy atom. The number of hydrogen-bond donors (Lipinski definition) is 1. The third-order valence-electron chi connectivity index (χ3n) is 7.09. The number of aryl methyl sites for hydroxylation is 1. The number of carbonyl (C=O) groups excluding carboxylic acids is 1. The summed E-state index contributed by atoms with van der Waals surface area (Å²) in [6, 6.07) is 8.59. The van der Waals surface area contributed by atoms with E-state index in [2.05, 4.69) is 64.0 Å². The molecule has 1 N–H and O–H groups in total. The van der Waals surface area contributed by atoms with Crippen LogP contribution >= 0.6 is 15.9 Å². The summed E-state index contributed by atoms with van der Waals surface area (Å²) in [5.74, 6) is -0.128. The summed E-state index contributed by atoms with van der Waals surface area (Å²) in [7, 11) is 6.17. The number of methoxy groups -OCH3 is 1. The molecule has 1 aliphatic carbocycles. The van der Waals surface area contributed by atoms with Gasteiger partial charge in [0.1, 0.15) is 11.6 Å². The van der Waals surface area contributed by atoms with E-state index < -0.39 is 0 Å². The maximum atomic E-state index is 12.5. The number of carbonyl (C=O) groups is 1. The molecule has 1 unspecified atom stereocenters. The molecule has 3 aromatic rings. The first-order valence-corrected chi connectivity index (χ1v) is 11.4. The Kier molecular flexibility index (Phi) is 5.15. The third kappa shape index (κ3) is 3.30. The number of hydrogen-bond acceptors (Lipinski definition) is 4. The van der Waals surface area contributed by atoms with Gasteiger partial charge in [0.25, 0.3) is 0 Å². The molecule has 7 heteroatoms. The maximum Gasteiger partial charge on any atom is 0.339 e. The molecule has 1 aromatic carbocycles. The number of benzene rings is 1. The van der Waals surface area contributed by atoms with Gasteiger partial charge in [0.15, 0.2) is 0 Å². The van der Waals surface area contributed by atoms with Crippen LogP contribution in [0, 0.1) is 5.92 Å². The van der Waals surface area contributed by atoms with Gasteiger partial charge >= 0.3 is 5.97 Å². The van der Waals surface area contributed by atoms with Gasteiger partial charge in [0, 0.05) is 60.5 Å². The van der Waals surface area contributed by atoms with E-state index in [-0.39, 0.29) is 17.5 Å². The van der Waals surface area contributed by atoms with Crippen LogP contribution in [-0.4, -0.2) is 48.9 Å². The molecule has 0 bridgehead atoms. The lowest BCUT2D eigenvalue weighted by Crippen LogP contribution is -3.17. The summed E-state index contributed by atoms with van der Waals surface area (Å²) in [6.07, 6.45) is 7.28. The molecule has 0 spiro atoms. The number of likely N-dealkylation sites (N-methyl/N-ethyl adjacent to an activating group) is 1. The van der Waals surface area contributed by atoms with Crippen LogP contribution in [0.25, 0.3) is 10.9 Å². The Balaban J connectivity index is 1.44. The van der Waals surface area contributed by atoms with Gasteiger partial charge in [-0.1, -0.05) is 12.1 Å². The number of quaternary nitrogens is 1. The van der Waals surface area contributed by atoms with Crippen LogP contribution in [0.15, 0.2) is 47.3 Å². The van der Waals surface area contributed by atoms with Crippen LogP contribution in [-0.2, 0) is 28.5 Å². The van der Waals surface area contributed by atoms with Gasteiger partial charge in [0.05, 0.1) is 25.8 Å². The molecule has 5 rings (SSSR count). The lowest BCUT2D eigenvalue weighted by molar-refractivity contribution is -0.925. The zero-order valence-corrected chi connectivity index (χ0v) is 19.6. The summed E-state index contributed by atoms with van der Waals surface area (Å²) in [6.45, 7) is 1.32. The Morgan fingerprint density at radius 1 is 1.39 bits per heavy atom. The molecular formula is C24H27BrN3O3+. The molecule has 1 aliphatic heterocycles. The second-order valence-electron chi connectivity index (χ2n) is 8.93. The number of likely N-dealkylation sites (tertiary alicyclic amines) is 1. The van der Waals surface area contributed by atoms with Crippen molar-refractivity contribution in [2.24, 2.45) is 13.0 Å². The fraction of sp³-hybridized carbons (Fsp3) is 0.417. The molecule has 2 aromatic heterocycles. The van der Waals surface area contributed by atoms with Crippen molar-refractivity contribution in [1.82, 2.24) is 9.55 Å². The molecule has 3 heterocycles. The first kappa shape index (κ1) is 20.7. The topological polar surface area (TPSA) is 57.8 Å². The van der Waals surface area contributed by atoms with Crippen molar-refractivity contribution < 1.29 is 19.2 Å². The summed E-state index contributed by atoms with van der Waals surface area (Å²) in [4.78, 5) is 18.0. The molecule has 31 heavy (non-hydrogen) atoms. The van der Waals surface area contributed by atoms with Crippen molar-refractivity contribution in [2.45, 2.75) is 24.5 Å². The van der Waals surface area contributed by atoms with Gasteiger partial charge in [-0.05, 0) is 45.6 Å². The third-order valence-corrected chi connectivity index (χ3v) is 7.52. The average Bonchev–Trinajstić information content (AvgIpc) is 3.09. The van der Waals surface area contributed by atoms with Gasteiger partial charge in [0.2, 0.25) is 0 Å². The Labute approximate surface area is 190 Å². The molecule has 1 saturated heterocycles. The van der Waals surface area contributed by atoms with Crippen LogP contribution in [0.4, 0.5) is 0 Å². The highest BCUT2D eigenvalue weighted by atomic mass is 79.9. The molecule has 0 radical (unpaired) electrons. The highest BCUT2D eigenvalue weighted by Crippen LogP contribution is 2.46. The highest BCUT2D eigenvalue weighted by Gasteiger charge is 2.54. The standard InChI is InChI=1S/C24H26BrN3O3/c1-27-13-17-8-21-24(30-3,19-5-4-6-20(27)22(17)19)9-15(12-28(21)2)14-31-23(29)16-7-18(25)11-26-10-16/h4-7,10-11,13,15,21H,8-9,12,14H2,1-3H3/p+1/t15-,21-,24+/m0/s1. The van der Waals surface area contributed by atoms with Crippen molar-refractivity contribution in [1.29, 1.82) is 0 Å². The Hall–Kier alpha value is -2.22. The minimum Gasteiger partial charge on any atom is -0.462 e. The smallest absolute Gasteiger partial charge is 0.339 e. The number of esters is 1. The lowest BCUT2D eigenvalue weighted by atomic mass is 9.69. The fourth-order valence-electron chi connectivity index (χ4n) is 5.80. The predicted octanol–water partition coefficient (Wildman–Crippen LogP) is 2.49. The molecule has 4 atom stereocenters. The zero-order chi connectivity index (χ0) is 21.8. The molecular weight excluding hydrogens is 458 g/mol. The molecule has 1 fully saturated rings. The number of ether oxygens (including phenoxy) is 2. The first-order valence-electron chi connectivity index (χ1n) is 10.7. The van der Waals surface area contributed by atoms with E-state index in [1.807, 2.05) is 7.11 Å². The lowest BCUT2D eigenvalue weighted by Gasteiger charge is -2.50. The van der Waals surface area contributed by atoms with Crippen LogP contribution in [0.3, 0.4) is 0 Å². The van der Waals surface area contributed by atoms with Crippen molar-refractivity contribution in [3.8, 4) is 0 Å². The van der Waals surface area contributed by atoms with Crippen molar-refractivity contribution >= 4 is 32.8 Å².